The Morgan fingerprint density at radius 1 is 1.41 bits per heavy atom. The lowest BCUT2D eigenvalue weighted by Crippen LogP contribution is -2.31. The van der Waals surface area contributed by atoms with Gasteiger partial charge < -0.3 is 16.2 Å². The molecule has 1 heterocycles. The molecule has 0 spiro atoms. The molecule has 0 aliphatic heterocycles. The van der Waals surface area contributed by atoms with E-state index in [-0.39, 0.29) is 12.0 Å². The maximum absolute atomic E-state index is 9.49. The Bertz CT molecular complexity index is 373. The lowest BCUT2D eigenvalue weighted by Gasteiger charge is -2.26. The van der Waals surface area contributed by atoms with Gasteiger partial charge in [0.2, 0.25) is 5.95 Å². The first-order valence-electron chi connectivity index (χ1n) is 5.78. The van der Waals surface area contributed by atoms with Crippen molar-refractivity contribution in [2.24, 2.45) is 5.41 Å². The molecule has 17 heavy (non-hydrogen) atoms. The molecule has 1 aliphatic rings. The summed E-state index contributed by atoms with van der Waals surface area (Å²) in [4.78, 5) is 8.30. The smallest absolute Gasteiger partial charge is 0.225 e. The molecule has 5 nitrogen and oxygen atoms in total. The lowest BCUT2D eigenvalue weighted by molar-refractivity contribution is 0.142. The Labute approximate surface area is 109 Å². The Morgan fingerprint density at radius 3 is 2.71 bits per heavy atom. The van der Waals surface area contributed by atoms with E-state index in [1.54, 1.807) is 6.07 Å². The highest BCUT2D eigenvalue weighted by atomic mass is 79.9. The number of hydrogen-bond acceptors (Lipinski definition) is 5. The van der Waals surface area contributed by atoms with Gasteiger partial charge in [-0.15, -0.1) is 0 Å². The largest absolute Gasteiger partial charge is 0.396 e. The van der Waals surface area contributed by atoms with Crippen molar-refractivity contribution >= 4 is 27.7 Å². The molecule has 4 N–H and O–H groups in total. The number of halogens is 1. The van der Waals surface area contributed by atoms with Crippen molar-refractivity contribution in [3.63, 3.8) is 0 Å². The van der Waals surface area contributed by atoms with E-state index in [0.717, 1.165) is 12.8 Å². The molecular formula is C11H17BrN4O. The van der Waals surface area contributed by atoms with Crippen LogP contribution in [0.5, 0.6) is 0 Å². The molecule has 1 saturated carbocycles. The number of hydrogen-bond donors (Lipinski definition) is 3. The Kier molecular flexibility index (Phi) is 3.83. The van der Waals surface area contributed by atoms with Crippen molar-refractivity contribution in [2.45, 2.75) is 25.7 Å². The summed E-state index contributed by atoms with van der Waals surface area (Å²) < 4.78 is 0.664. The summed E-state index contributed by atoms with van der Waals surface area (Å²) in [6.45, 7) is 0.906. The van der Waals surface area contributed by atoms with Gasteiger partial charge in [-0.1, -0.05) is 12.8 Å². The highest BCUT2D eigenvalue weighted by Gasteiger charge is 2.33. The predicted molar refractivity (Wildman–Crippen MR) is 70.6 cm³/mol. The Morgan fingerprint density at radius 2 is 2.12 bits per heavy atom. The molecule has 0 atom stereocenters. The molecule has 0 unspecified atom stereocenters. The van der Waals surface area contributed by atoms with Gasteiger partial charge in [0, 0.05) is 18.0 Å². The molecule has 94 valence electrons. The molecule has 1 aliphatic carbocycles. The van der Waals surface area contributed by atoms with Crippen molar-refractivity contribution in [3.05, 3.63) is 10.7 Å². The van der Waals surface area contributed by atoms with E-state index in [1.165, 1.54) is 12.8 Å². The van der Waals surface area contributed by atoms with Crippen LogP contribution in [-0.4, -0.2) is 28.2 Å². The average molecular weight is 301 g/mol. The minimum absolute atomic E-state index is 0.0135. The van der Waals surface area contributed by atoms with Gasteiger partial charge in [0.15, 0.2) is 0 Å². The first-order valence-corrected chi connectivity index (χ1v) is 6.58. The van der Waals surface area contributed by atoms with Crippen LogP contribution >= 0.6 is 15.9 Å². The number of nitrogens with zero attached hydrogens (tertiary/aromatic N) is 2. The predicted octanol–water partition coefficient (Wildman–Crippen LogP) is 1.79. The van der Waals surface area contributed by atoms with E-state index in [0.29, 0.717) is 22.9 Å². The fraction of sp³-hybridized carbons (Fsp3) is 0.636. The Hall–Kier alpha value is -0.880. The number of aliphatic hydroxyl groups is 1. The number of rotatable bonds is 4. The summed E-state index contributed by atoms with van der Waals surface area (Å²) in [6.07, 6.45) is 4.48. The quantitative estimate of drug-likeness (QED) is 0.738. The van der Waals surface area contributed by atoms with Gasteiger partial charge in [0.25, 0.3) is 0 Å². The van der Waals surface area contributed by atoms with Crippen molar-refractivity contribution in [2.75, 3.05) is 24.2 Å². The minimum Gasteiger partial charge on any atom is -0.396 e. The van der Waals surface area contributed by atoms with Crippen LogP contribution in [0, 0.1) is 5.41 Å². The summed E-state index contributed by atoms with van der Waals surface area (Å²) in [5, 5.41) is 12.7. The summed E-state index contributed by atoms with van der Waals surface area (Å²) in [5.74, 6) is 0.940. The van der Waals surface area contributed by atoms with E-state index >= 15 is 0 Å². The monoisotopic (exact) mass is 300 g/mol. The van der Waals surface area contributed by atoms with Crippen molar-refractivity contribution in [1.82, 2.24) is 9.97 Å². The number of nitrogens with one attached hydrogen (secondary N) is 1. The number of aromatic nitrogens is 2. The van der Waals surface area contributed by atoms with Gasteiger partial charge >= 0.3 is 0 Å². The normalized spacial score (nSPS) is 18.2. The van der Waals surface area contributed by atoms with Crippen LogP contribution in [0.15, 0.2) is 10.7 Å². The third-order valence-electron chi connectivity index (χ3n) is 3.34. The molecule has 2 rings (SSSR count). The molecule has 1 aromatic rings. The third-order valence-corrected chi connectivity index (χ3v) is 3.74. The summed E-state index contributed by atoms with van der Waals surface area (Å²) in [5.41, 5.74) is 5.62. The zero-order valence-electron chi connectivity index (χ0n) is 9.62. The van der Waals surface area contributed by atoms with Gasteiger partial charge in [-0.25, -0.2) is 4.98 Å². The van der Waals surface area contributed by atoms with Crippen LogP contribution in [0.25, 0.3) is 0 Å². The number of nitrogens with two attached hydrogens (primary N) is 1. The van der Waals surface area contributed by atoms with Crippen molar-refractivity contribution in [1.29, 1.82) is 0 Å². The molecule has 0 bridgehead atoms. The Balaban J connectivity index is 2.01. The zero-order chi connectivity index (χ0) is 12.3. The molecule has 0 aromatic carbocycles. The maximum Gasteiger partial charge on any atom is 0.225 e. The highest BCUT2D eigenvalue weighted by molar-refractivity contribution is 9.10. The van der Waals surface area contributed by atoms with Crippen LogP contribution in [0.4, 0.5) is 11.8 Å². The fourth-order valence-corrected chi connectivity index (χ4v) is 2.70. The molecule has 0 radical (unpaired) electrons. The lowest BCUT2D eigenvalue weighted by atomic mass is 9.87. The first kappa shape index (κ1) is 12.6. The van der Waals surface area contributed by atoms with E-state index in [4.69, 9.17) is 5.73 Å². The van der Waals surface area contributed by atoms with Crippen LogP contribution < -0.4 is 11.1 Å². The van der Waals surface area contributed by atoms with E-state index < -0.39 is 0 Å². The first-order chi connectivity index (χ1) is 8.13. The van der Waals surface area contributed by atoms with Crippen LogP contribution in [0.1, 0.15) is 25.7 Å². The zero-order valence-corrected chi connectivity index (χ0v) is 11.2. The van der Waals surface area contributed by atoms with E-state index in [2.05, 4.69) is 31.2 Å². The molecule has 1 fully saturated rings. The number of anilines is 2. The average Bonchev–Trinajstić information content (AvgIpc) is 2.74. The third kappa shape index (κ3) is 3.07. The fourth-order valence-electron chi connectivity index (χ4n) is 2.30. The van der Waals surface area contributed by atoms with Gasteiger partial charge in [-0.05, 0) is 28.8 Å². The molecule has 6 heteroatoms. The van der Waals surface area contributed by atoms with E-state index in [1.807, 2.05) is 0 Å². The summed E-state index contributed by atoms with van der Waals surface area (Å²) in [6, 6.07) is 1.66. The van der Waals surface area contributed by atoms with Gasteiger partial charge in [-0.2, -0.15) is 4.98 Å². The van der Waals surface area contributed by atoms with Crippen molar-refractivity contribution in [3.8, 4) is 0 Å². The molecule has 0 saturated heterocycles. The van der Waals surface area contributed by atoms with Gasteiger partial charge in [0.05, 0.1) is 6.61 Å². The minimum atomic E-state index is -0.0135. The number of aliphatic hydroxyl groups excluding tert-OH is 1. The molecule has 1 aromatic heterocycles. The topological polar surface area (TPSA) is 84.1 Å². The second kappa shape index (κ2) is 5.18. The van der Waals surface area contributed by atoms with Crippen LogP contribution in [-0.2, 0) is 0 Å². The number of nitrogen functional groups attached to an aromatic ring is 1. The second-order valence-electron chi connectivity index (χ2n) is 4.66. The molecular weight excluding hydrogens is 284 g/mol. The maximum atomic E-state index is 9.49. The SMILES string of the molecule is Nc1cc(Br)nc(NCC2(CO)CCCC2)n1. The second-order valence-corrected chi connectivity index (χ2v) is 5.47. The van der Waals surface area contributed by atoms with Gasteiger partial charge in [0.1, 0.15) is 10.4 Å². The highest BCUT2D eigenvalue weighted by Crippen LogP contribution is 2.37. The van der Waals surface area contributed by atoms with Crippen LogP contribution in [0.3, 0.4) is 0 Å². The standard InChI is InChI=1S/C11H17BrN4O/c12-8-5-9(13)16-10(15-8)14-6-11(7-17)3-1-2-4-11/h5,17H,1-4,6-7H2,(H3,13,14,15,16). The van der Waals surface area contributed by atoms with E-state index in [9.17, 15) is 5.11 Å². The van der Waals surface area contributed by atoms with Crippen molar-refractivity contribution < 1.29 is 5.11 Å². The van der Waals surface area contributed by atoms with Gasteiger partial charge in [-0.3, -0.25) is 0 Å². The summed E-state index contributed by atoms with van der Waals surface area (Å²) >= 11 is 3.28. The van der Waals surface area contributed by atoms with Crippen LogP contribution in [0.2, 0.25) is 0 Å². The summed E-state index contributed by atoms with van der Waals surface area (Å²) in [7, 11) is 0. The molecule has 0 amide bonds.